The molecule has 0 fully saturated rings. The van der Waals surface area contributed by atoms with Gasteiger partial charge in [-0.1, -0.05) is 24.3 Å². The van der Waals surface area contributed by atoms with E-state index in [0.717, 1.165) is 30.0 Å². The van der Waals surface area contributed by atoms with E-state index in [-0.39, 0.29) is 5.91 Å². The molecular weight excluding hydrogens is 276 g/mol. The molecule has 0 radical (unpaired) electrons. The fourth-order valence-electron chi connectivity index (χ4n) is 2.22. The molecule has 0 saturated carbocycles. The van der Waals surface area contributed by atoms with Gasteiger partial charge in [-0.05, 0) is 31.9 Å². The van der Waals surface area contributed by atoms with Gasteiger partial charge >= 0.3 is 0 Å². The van der Waals surface area contributed by atoms with Crippen molar-refractivity contribution in [1.29, 1.82) is 0 Å². The molecule has 2 aromatic rings. The van der Waals surface area contributed by atoms with Crippen molar-refractivity contribution in [2.45, 2.75) is 27.3 Å². The number of aryl methyl sites for hydroxylation is 1. The van der Waals surface area contributed by atoms with E-state index in [4.69, 9.17) is 0 Å². The number of carbonyl (C=O) groups excluding carboxylic acids is 1. The van der Waals surface area contributed by atoms with Crippen LogP contribution in [-0.4, -0.2) is 29.0 Å². The van der Waals surface area contributed by atoms with E-state index >= 15 is 0 Å². The van der Waals surface area contributed by atoms with Gasteiger partial charge in [0.25, 0.3) is 5.91 Å². The molecule has 0 spiro atoms. The van der Waals surface area contributed by atoms with E-state index < -0.39 is 0 Å². The molecule has 0 atom stereocenters. The first kappa shape index (κ1) is 15.9. The Balaban J connectivity index is 2.00. The molecule has 0 aliphatic rings. The molecule has 1 N–H and O–H groups in total. The number of nitrogens with zero attached hydrogens (tertiary/aromatic N) is 3. The minimum atomic E-state index is -0.207. The van der Waals surface area contributed by atoms with Crippen LogP contribution in [0.15, 0.2) is 36.7 Å². The average Bonchev–Trinajstić information content (AvgIpc) is 2.55. The van der Waals surface area contributed by atoms with E-state index in [9.17, 15) is 4.79 Å². The number of carbonyl (C=O) groups is 1. The van der Waals surface area contributed by atoms with Gasteiger partial charge in [0.1, 0.15) is 11.5 Å². The minimum Gasteiger partial charge on any atom is -0.356 e. The molecule has 2 rings (SSSR count). The summed E-state index contributed by atoms with van der Waals surface area (Å²) >= 11 is 0. The molecule has 0 aliphatic heterocycles. The van der Waals surface area contributed by atoms with Gasteiger partial charge in [-0.2, -0.15) is 0 Å². The Morgan fingerprint density at radius 3 is 2.45 bits per heavy atom. The van der Waals surface area contributed by atoms with Crippen molar-refractivity contribution in [3.8, 4) is 0 Å². The van der Waals surface area contributed by atoms with Crippen LogP contribution in [-0.2, 0) is 6.54 Å². The number of benzene rings is 1. The van der Waals surface area contributed by atoms with Crippen molar-refractivity contribution >= 4 is 11.7 Å². The van der Waals surface area contributed by atoms with Crippen LogP contribution in [0.25, 0.3) is 0 Å². The number of hydrogen-bond donors (Lipinski definition) is 1. The maximum Gasteiger partial charge on any atom is 0.271 e. The van der Waals surface area contributed by atoms with E-state index in [1.54, 1.807) is 6.20 Å². The molecule has 0 unspecified atom stereocenters. The van der Waals surface area contributed by atoms with Gasteiger partial charge in [-0.25, -0.2) is 9.97 Å². The third kappa shape index (κ3) is 3.81. The first-order chi connectivity index (χ1) is 10.7. The van der Waals surface area contributed by atoms with Crippen molar-refractivity contribution in [2.75, 3.05) is 18.0 Å². The minimum absolute atomic E-state index is 0.207. The molecule has 1 heterocycles. The molecule has 0 saturated heterocycles. The summed E-state index contributed by atoms with van der Waals surface area (Å²) < 4.78 is 0. The van der Waals surface area contributed by atoms with Crippen LogP contribution in [0.2, 0.25) is 0 Å². The van der Waals surface area contributed by atoms with Crippen LogP contribution in [0.1, 0.15) is 35.5 Å². The number of amides is 1. The first-order valence-electron chi connectivity index (χ1n) is 7.55. The molecule has 1 aromatic carbocycles. The predicted octanol–water partition coefficient (Wildman–Crippen LogP) is 2.56. The maximum absolute atomic E-state index is 12.1. The smallest absolute Gasteiger partial charge is 0.271 e. The highest BCUT2D eigenvalue weighted by molar-refractivity contribution is 5.91. The fourth-order valence-corrected chi connectivity index (χ4v) is 2.22. The second-order valence-electron chi connectivity index (χ2n) is 5.04. The molecule has 116 valence electrons. The zero-order valence-corrected chi connectivity index (χ0v) is 13.3. The highest BCUT2D eigenvalue weighted by atomic mass is 16.1. The van der Waals surface area contributed by atoms with Crippen LogP contribution in [0, 0.1) is 6.92 Å². The number of nitrogens with one attached hydrogen (secondary N) is 1. The lowest BCUT2D eigenvalue weighted by atomic mass is 10.1. The van der Waals surface area contributed by atoms with Gasteiger partial charge in [0.05, 0.1) is 12.4 Å². The predicted molar refractivity (Wildman–Crippen MR) is 87.9 cm³/mol. The number of aromatic nitrogens is 2. The van der Waals surface area contributed by atoms with Crippen molar-refractivity contribution in [2.24, 2.45) is 0 Å². The molecule has 5 heteroatoms. The highest BCUT2D eigenvalue weighted by Gasteiger charge is 2.10. The van der Waals surface area contributed by atoms with Crippen LogP contribution >= 0.6 is 0 Å². The largest absolute Gasteiger partial charge is 0.356 e. The van der Waals surface area contributed by atoms with E-state index in [1.165, 1.54) is 6.20 Å². The highest BCUT2D eigenvalue weighted by Crippen LogP contribution is 2.09. The van der Waals surface area contributed by atoms with E-state index in [0.29, 0.717) is 12.2 Å². The molecule has 22 heavy (non-hydrogen) atoms. The Hall–Kier alpha value is -2.43. The SMILES string of the molecule is CCN(CC)c1cnc(C(=O)NCc2ccccc2C)cn1. The quantitative estimate of drug-likeness (QED) is 0.890. The molecule has 1 amide bonds. The molecule has 0 aliphatic carbocycles. The Morgan fingerprint density at radius 1 is 1.14 bits per heavy atom. The Kier molecular flexibility index (Phi) is 5.47. The molecule has 1 aromatic heterocycles. The molecular formula is C17H22N4O. The maximum atomic E-state index is 12.1. The topological polar surface area (TPSA) is 58.1 Å². The van der Waals surface area contributed by atoms with Gasteiger partial charge in [-0.3, -0.25) is 4.79 Å². The number of rotatable bonds is 6. The van der Waals surface area contributed by atoms with Crippen LogP contribution in [0.3, 0.4) is 0 Å². The lowest BCUT2D eigenvalue weighted by Crippen LogP contribution is -2.26. The third-order valence-corrected chi connectivity index (χ3v) is 3.66. The van der Waals surface area contributed by atoms with Gasteiger partial charge < -0.3 is 10.2 Å². The Bertz CT molecular complexity index is 621. The summed E-state index contributed by atoms with van der Waals surface area (Å²) in [6.07, 6.45) is 3.18. The Labute approximate surface area is 131 Å². The normalized spacial score (nSPS) is 10.3. The summed E-state index contributed by atoms with van der Waals surface area (Å²) in [4.78, 5) is 22.7. The molecule has 5 nitrogen and oxygen atoms in total. The average molecular weight is 298 g/mol. The van der Waals surface area contributed by atoms with Crippen molar-refractivity contribution in [3.05, 3.63) is 53.5 Å². The van der Waals surface area contributed by atoms with Crippen molar-refractivity contribution < 1.29 is 4.79 Å². The lowest BCUT2D eigenvalue weighted by molar-refractivity contribution is 0.0945. The Morgan fingerprint density at radius 2 is 1.86 bits per heavy atom. The van der Waals surface area contributed by atoms with Crippen LogP contribution in [0.4, 0.5) is 5.82 Å². The zero-order chi connectivity index (χ0) is 15.9. The lowest BCUT2D eigenvalue weighted by Gasteiger charge is -2.18. The van der Waals surface area contributed by atoms with Crippen molar-refractivity contribution in [1.82, 2.24) is 15.3 Å². The van der Waals surface area contributed by atoms with Gasteiger partial charge in [0, 0.05) is 19.6 Å². The summed E-state index contributed by atoms with van der Waals surface area (Å²) in [6.45, 7) is 8.38. The second-order valence-corrected chi connectivity index (χ2v) is 5.04. The second kappa shape index (κ2) is 7.54. The standard InChI is InChI=1S/C17H22N4O/c1-4-21(5-2)16-12-18-15(11-19-16)17(22)20-10-14-9-7-6-8-13(14)3/h6-9,11-12H,4-5,10H2,1-3H3,(H,20,22). The van der Waals surface area contributed by atoms with Crippen LogP contribution in [0.5, 0.6) is 0 Å². The summed E-state index contributed by atoms with van der Waals surface area (Å²) in [6, 6.07) is 7.98. The number of hydrogen-bond acceptors (Lipinski definition) is 4. The van der Waals surface area contributed by atoms with Gasteiger partial charge in [-0.15, -0.1) is 0 Å². The summed E-state index contributed by atoms with van der Waals surface area (Å²) in [5, 5.41) is 2.88. The molecule has 0 bridgehead atoms. The van der Waals surface area contributed by atoms with Gasteiger partial charge in [0.2, 0.25) is 0 Å². The zero-order valence-electron chi connectivity index (χ0n) is 13.3. The summed E-state index contributed by atoms with van der Waals surface area (Å²) in [7, 11) is 0. The van der Waals surface area contributed by atoms with Crippen molar-refractivity contribution in [3.63, 3.8) is 0 Å². The first-order valence-corrected chi connectivity index (χ1v) is 7.55. The van der Waals surface area contributed by atoms with E-state index in [2.05, 4.69) is 34.0 Å². The fraction of sp³-hybridized carbons (Fsp3) is 0.353. The third-order valence-electron chi connectivity index (χ3n) is 3.66. The van der Waals surface area contributed by atoms with E-state index in [1.807, 2.05) is 31.2 Å². The van der Waals surface area contributed by atoms with Gasteiger partial charge in [0.15, 0.2) is 0 Å². The summed E-state index contributed by atoms with van der Waals surface area (Å²) in [5.41, 5.74) is 2.60. The summed E-state index contributed by atoms with van der Waals surface area (Å²) in [5.74, 6) is 0.585. The number of anilines is 1. The van der Waals surface area contributed by atoms with Crippen LogP contribution < -0.4 is 10.2 Å². The monoisotopic (exact) mass is 298 g/mol.